The van der Waals surface area contributed by atoms with Gasteiger partial charge in [0.2, 0.25) is 5.96 Å². The summed E-state index contributed by atoms with van der Waals surface area (Å²) in [5.74, 6) is -0.0649. The van der Waals surface area contributed by atoms with Crippen LogP contribution in [0.5, 0.6) is 0 Å². The minimum Gasteiger partial charge on any atom is -0.369 e. The van der Waals surface area contributed by atoms with Gasteiger partial charge in [-0.1, -0.05) is 0 Å². The molecule has 0 aromatic rings. The monoisotopic (exact) mass is 156 g/mol. The van der Waals surface area contributed by atoms with Crippen molar-refractivity contribution in [3.8, 4) is 0 Å². The van der Waals surface area contributed by atoms with Gasteiger partial charge < -0.3 is 11.5 Å². The lowest BCUT2D eigenvalue weighted by Crippen LogP contribution is -2.22. The van der Waals surface area contributed by atoms with Gasteiger partial charge in [0.15, 0.2) is 0 Å². The molecule has 0 aliphatic heterocycles. The second kappa shape index (κ2) is 4.43. The van der Waals surface area contributed by atoms with E-state index in [1.54, 1.807) is 6.92 Å². The van der Waals surface area contributed by atoms with Gasteiger partial charge in [-0.05, 0) is 13.8 Å². The summed E-state index contributed by atoms with van der Waals surface area (Å²) in [5, 5.41) is 6.98. The van der Waals surface area contributed by atoms with E-state index in [1.807, 2.05) is 0 Å². The molecule has 4 N–H and O–H groups in total. The van der Waals surface area contributed by atoms with Gasteiger partial charge in [0.25, 0.3) is 0 Å². The summed E-state index contributed by atoms with van der Waals surface area (Å²) in [6.07, 6.45) is 0.288. The van der Waals surface area contributed by atoms with Crippen LogP contribution in [0.4, 0.5) is 0 Å². The van der Waals surface area contributed by atoms with Crippen molar-refractivity contribution in [2.45, 2.75) is 20.3 Å². The van der Waals surface area contributed by atoms with Crippen LogP contribution in [0.1, 0.15) is 20.3 Å². The predicted octanol–water partition coefficient (Wildman–Crippen LogP) is -0.385. The lowest BCUT2D eigenvalue weighted by molar-refractivity contribution is -0.115. The summed E-state index contributed by atoms with van der Waals surface area (Å²) in [7, 11) is 0. The van der Waals surface area contributed by atoms with Crippen molar-refractivity contribution in [2.75, 3.05) is 0 Å². The van der Waals surface area contributed by atoms with Gasteiger partial charge in [-0.3, -0.25) is 4.79 Å². The fraction of sp³-hybridized carbons (Fsp3) is 0.500. The summed E-state index contributed by atoms with van der Waals surface area (Å²) in [4.78, 5) is 10.5. The molecule has 0 aliphatic rings. The van der Waals surface area contributed by atoms with Crippen molar-refractivity contribution >= 4 is 17.5 Å². The third kappa shape index (κ3) is 6.50. The van der Waals surface area contributed by atoms with E-state index in [0.717, 1.165) is 0 Å². The van der Waals surface area contributed by atoms with Gasteiger partial charge in [-0.25, -0.2) is 0 Å². The van der Waals surface area contributed by atoms with Crippen molar-refractivity contribution in [3.63, 3.8) is 0 Å². The first kappa shape index (κ1) is 9.61. The van der Waals surface area contributed by atoms with Crippen molar-refractivity contribution < 1.29 is 4.79 Å². The van der Waals surface area contributed by atoms with Crippen molar-refractivity contribution in [1.29, 1.82) is 0 Å². The molecule has 11 heavy (non-hydrogen) atoms. The number of carbonyl (C=O) groups is 1. The third-order valence-corrected chi connectivity index (χ3v) is 0.841. The summed E-state index contributed by atoms with van der Waals surface area (Å²) >= 11 is 0. The van der Waals surface area contributed by atoms with Crippen LogP contribution in [0.25, 0.3) is 0 Å². The molecule has 5 nitrogen and oxygen atoms in total. The van der Waals surface area contributed by atoms with Crippen LogP contribution in [0.2, 0.25) is 0 Å². The highest BCUT2D eigenvalue weighted by Gasteiger charge is 1.95. The lowest BCUT2D eigenvalue weighted by atomic mass is 10.2. The van der Waals surface area contributed by atoms with Gasteiger partial charge in [0, 0.05) is 12.1 Å². The van der Waals surface area contributed by atoms with Crippen LogP contribution in [0, 0.1) is 0 Å². The Bertz CT molecular complexity index is 203. The Hall–Kier alpha value is -1.39. The molecule has 0 rings (SSSR count). The first-order valence-corrected chi connectivity index (χ1v) is 3.14. The topological polar surface area (TPSA) is 93.8 Å². The molecule has 0 heterocycles. The van der Waals surface area contributed by atoms with Crippen LogP contribution >= 0.6 is 0 Å². The van der Waals surface area contributed by atoms with E-state index in [0.29, 0.717) is 5.71 Å². The first-order valence-electron chi connectivity index (χ1n) is 3.14. The molecule has 0 aromatic carbocycles. The second-order valence-corrected chi connectivity index (χ2v) is 2.24. The molecule has 0 bridgehead atoms. The average Bonchev–Trinajstić information content (AvgIpc) is 1.82. The Morgan fingerprint density at radius 1 is 1.27 bits per heavy atom. The minimum absolute atomic E-state index is 0.0389. The number of guanidine groups is 1. The molecule has 5 heteroatoms. The number of hydrogen-bond donors (Lipinski definition) is 2. The van der Waals surface area contributed by atoms with Crippen LogP contribution in [-0.2, 0) is 4.79 Å². The molecular formula is C6H12N4O. The second-order valence-electron chi connectivity index (χ2n) is 2.24. The molecule has 0 unspecified atom stereocenters. The third-order valence-electron chi connectivity index (χ3n) is 0.841. The molecular weight excluding hydrogens is 144 g/mol. The van der Waals surface area contributed by atoms with E-state index < -0.39 is 0 Å². The van der Waals surface area contributed by atoms with Gasteiger partial charge in [-0.15, -0.1) is 5.10 Å². The number of rotatable bonds is 3. The zero-order valence-electron chi connectivity index (χ0n) is 6.66. The van der Waals surface area contributed by atoms with Crippen molar-refractivity contribution in [2.24, 2.45) is 21.7 Å². The zero-order chi connectivity index (χ0) is 8.85. The number of ketones is 1. The maximum absolute atomic E-state index is 10.5. The normalized spacial score (nSPS) is 10.9. The first-order chi connectivity index (χ1) is 5.02. The lowest BCUT2D eigenvalue weighted by Gasteiger charge is -1.91. The van der Waals surface area contributed by atoms with Crippen LogP contribution in [0.15, 0.2) is 10.2 Å². The van der Waals surface area contributed by atoms with Crippen LogP contribution in [0.3, 0.4) is 0 Å². The van der Waals surface area contributed by atoms with E-state index in [1.165, 1.54) is 6.92 Å². The number of Topliss-reactive ketones (excluding diaryl/α,β-unsaturated/α-hetero) is 1. The molecule has 62 valence electrons. The number of nitrogens with zero attached hydrogens (tertiary/aromatic N) is 2. The summed E-state index contributed by atoms with van der Waals surface area (Å²) in [6, 6.07) is 0. The predicted molar refractivity (Wildman–Crippen MR) is 44.2 cm³/mol. The molecule has 0 aromatic heterocycles. The van der Waals surface area contributed by atoms with Crippen molar-refractivity contribution in [1.82, 2.24) is 0 Å². The summed E-state index contributed by atoms with van der Waals surface area (Å²) in [6.45, 7) is 3.17. The van der Waals surface area contributed by atoms with E-state index >= 15 is 0 Å². The molecule has 0 amide bonds. The quantitative estimate of drug-likeness (QED) is 0.331. The molecule has 0 aliphatic carbocycles. The number of hydrogen-bond acceptors (Lipinski definition) is 3. The fourth-order valence-electron chi connectivity index (χ4n) is 0.539. The highest BCUT2D eigenvalue weighted by atomic mass is 16.1. The van der Waals surface area contributed by atoms with Gasteiger partial charge in [0.1, 0.15) is 5.78 Å². The van der Waals surface area contributed by atoms with Crippen molar-refractivity contribution in [3.05, 3.63) is 0 Å². The van der Waals surface area contributed by atoms with E-state index in [2.05, 4.69) is 10.2 Å². The highest BCUT2D eigenvalue weighted by molar-refractivity contribution is 5.99. The maximum Gasteiger partial charge on any atom is 0.211 e. The van der Waals surface area contributed by atoms with Crippen LogP contribution < -0.4 is 11.5 Å². The summed E-state index contributed by atoms with van der Waals surface area (Å²) < 4.78 is 0. The number of nitrogens with two attached hydrogens (primary N) is 2. The smallest absolute Gasteiger partial charge is 0.211 e. The minimum atomic E-state index is -0.104. The molecule has 0 fully saturated rings. The van der Waals surface area contributed by atoms with E-state index in [9.17, 15) is 4.79 Å². The summed E-state index contributed by atoms with van der Waals surface area (Å²) in [5.41, 5.74) is 10.6. The largest absolute Gasteiger partial charge is 0.369 e. The Balaban J connectivity index is 4.02. The Morgan fingerprint density at radius 3 is 2.18 bits per heavy atom. The maximum atomic E-state index is 10.5. The van der Waals surface area contributed by atoms with Crippen LogP contribution in [-0.4, -0.2) is 17.5 Å². The molecule has 0 spiro atoms. The Morgan fingerprint density at radius 2 is 1.82 bits per heavy atom. The standard InChI is InChI=1S/C6H12N4O/c1-4(3-5(2)11)9-10-6(7)8/h3H2,1-2H3,(H4,7,8,10)/b9-4-. The average molecular weight is 156 g/mol. The Kier molecular flexibility index (Phi) is 3.87. The van der Waals surface area contributed by atoms with E-state index in [-0.39, 0.29) is 18.2 Å². The van der Waals surface area contributed by atoms with Gasteiger partial charge >= 0.3 is 0 Å². The number of carbonyl (C=O) groups excluding carboxylic acids is 1. The fourth-order valence-corrected chi connectivity index (χ4v) is 0.539. The zero-order valence-corrected chi connectivity index (χ0v) is 6.66. The van der Waals surface area contributed by atoms with E-state index in [4.69, 9.17) is 11.5 Å². The van der Waals surface area contributed by atoms with Gasteiger partial charge in [-0.2, -0.15) is 5.10 Å². The SMILES string of the molecule is CC(=O)C/C(C)=N\N=C(N)N. The molecule has 0 saturated heterocycles. The molecule has 0 atom stereocenters. The molecule has 0 saturated carbocycles. The molecule has 0 radical (unpaired) electrons. The Labute approximate surface area is 65.2 Å². The highest BCUT2D eigenvalue weighted by Crippen LogP contribution is 1.87. The van der Waals surface area contributed by atoms with Gasteiger partial charge in [0.05, 0.1) is 0 Å².